The molecule has 3 aromatic rings. The van der Waals surface area contributed by atoms with E-state index in [-0.39, 0.29) is 12.3 Å². The van der Waals surface area contributed by atoms with Gasteiger partial charge in [0.25, 0.3) is 0 Å². The Bertz CT molecular complexity index is 1050. The Morgan fingerprint density at radius 1 is 1.04 bits per heavy atom. The van der Waals surface area contributed by atoms with Crippen LogP contribution in [0, 0.1) is 34.6 Å². The molecule has 0 unspecified atom stereocenters. The summed E-state index contributed by atoms with van der Waals surface area (Å²) >= 11 is 12.1. The lowest BCUT2D eigenvalue weighted by atomic mass is 10.1. The minimum Gasteiger partial charge on any atom is -0.324 e. The van der Waals surface area contributed by atoms with Crippen LogP contribution in [0.2, 0.25) is 10.0 Å². The average molecular weight is 417 g/mol. The van der Waals surface area contributed by atoms with Gasteiger partial charge < -0.3 is 5.32 Å². The monoisotopic (exact) mass is 416 g/mol. The van der Waals surface area contributed by atoms with Crippen LogP contribution in [0.3, 0.4) is 0 Å². The van der Waals surface area contributed by atoms with Crippen molar-refractivity contribution in [2.75, 3.05) is 5.32 Å². The van der Waals surface area contributed by atoms with E-state index < -0.39 is 0 Å². The number of carbonyl (C=O) groups is 1. The van der Waals surface area contributed by atoms with E-state index in [1.54, 1.807) is 16.8 Å². The first-order chi connectivity index (χ1) is 13.2. The minimum absolute atomic E-state index is 0.100. The fourth-order valence-corrected chi connectivity index (χ4v) is 3.65. The number of nitrogens with one attached hydrogen (secondary N) is 1. The van der Waals surface area contributed by atoms with Gasteiger partial charge in [-0.15, -0.1) is 0 Å². The van der Waals surface area contributed by atoms with Gasteiger partial charge in [-0.05, 0) is 64.4 Å². The van der Waals surface area contributed by atoms with Crippen molar-refractivity contribution >= 4 is 34.8 Å². The predicted molar refractivity (Wildman–Crippen MR) is 114 cm³/mol. The van der Waals surface area contributed by atoms with Crippen LogP contribution in [0.1, 0.15) is 33.9 Å². The molecule has 3 rings (SSSR count). The largest absolute Gasteiger partial charge is 0.324 e. The number of anilines is 1. The summed E-state index contributed by atoms with van der Waals surface area (Å²) in [6.07, 6.45) is 0.228. The molecule has 0 atom stereocenters. The zero-order valence-electron chi connectivity index (χ0n) is 16.5. The minimum atomic E-state index is -0.100. The van der Waals surface area contributed by atoms with Gasteiger partial charge in [-0.1, -0.05) is 23.2 Å². The fraction of sp³-hybridized carbons (Fsp3) is 0.286. The zero-order chi connectivity index (χ0) is 20.6. The quantitative estimate of drug-likeness (QED) is 0.627. The molecule has 1 aromatic carbocycles. The molecule has 0 radical (unpaired) electrons. The lowest BCUT2D eigenvalue weighted by Gasteiger charge is -2.12. The molecule has 0 bridgehead atoms. The Hall–Kier alpha value is -2.37. The zero-order valence-corrected chi connectivity index (χ0v) is 18.0. The number of hydrogen-bond donors (Lipinski definition) is 1. The van der Waals surface area contributed by atoms with Crippen LogP contribution >= 0.6 is 23.2 Å². The number of rotatable bonds is 4. The van der Waals surface area contributed by atoms with Crippen LogP contribution in [0.25, 0.3) is 5.69 Å². The summed E-state index contributed by atoms with van der Waals surface area (Å²) in [6, 6.07) is 7.31. The molecule has 1 N–H and O–H groups in total. The Balaban J connectivity index is 1.86. The van der Waals surface area contributed by atoms with Crippen molar-refractivity contribution in [1.29, 1.82) is 0 Å². The third kappa shape index (κ3) is 4.05. The first kappa shape index (κ1) is 20.4. The summed E-state index contributed by atoms with van der Waals surface area (Å²) in [5.74, 6) is -0.100. The molecule has 0 aliphatic carbocycles. The Labute approximate surface area is 174 Å². The van der Waals surface area contributed by atoms with E-state index >= 15 is 0 Å². The van der Waals surface area contributed by atoms with E-state index in [1.165, 1.54) is 0 Å². The van der Waals surface area contributed by atoms with E-state index in [2.05, 4.69) is 15.4 Å². The number of amides is 1. The third-order valence-corrected chi connectivity index (χ3v) is 5.46. The van der Waals surface area contributed by atoms with Crippen LogP contribution < -0.4 is 5.32 Å². The van der Waals surface area contributed by atoms with Crippen LogP contribution in [-0.2, 0) is 11.2 Å². The molecular formula is C21H22Cl2N4O. The molecule has 0 spiro atoms. The predicted octanol–water partition coefficient (Wildman–Crippen LogP) is 5.30. The number of halogens is 2. The van der Waals surface area contributed by atoms with Crippen molar-refractivity contribution in [3.05, 3.63) is 68.2 Å². The number of pyridine rings is 1. The van der Waals surface area contributed by atoms with Gasteiger partial charge >= 0.3 is 0 Å². The van der Waals surface area contributed by atoms with Gasteiger partial charge in [0.15, 0.2) is 0 Å². The molecular weight excluding hydrogens is 395 g/mol. The highest BCUT2D eigenvalue weighted by molar-refractivity contribution is 6.42. The number of nitrogens with zero attached hydrogens (tertiary/aromatic N) is 3. The summed E-state index contributed by atoms with van der Waals surface area (Å²) < 4.78 is 1.78. The van der Waals surface area contributed by atoms with E-state index in [9.17, 15) is 4.79 Å². The first-order valence-corrected chi connectivity index (χ1v) is 9.68. The fourth-order valence-electron chi connectivity index (χ4n) is 3.36. The van der Waals surface area contributed by atoms with Crippen LogP contribution in [0.15, 0.2) is 24.3 Å². The van der Waals surface area contributed by atoms with Gasteiger partial charge in [0.2, 0.25) is 5.91 Å². The smallest absolute Gasteiger partial charge is 0.228 e. The van der Waals surface area contributed by atoms with Gasteiger partial charge in [0.05, 0.1) is 39.2 Å². The van der Waals surface area contributed by atoms with Crippen LogP contribution in [0.5, 0.6) is 0 Å². The standard InChI is InChI=1S/C21H22Cl2N4O/c1-11-8-12(2)24-14(4)21(11)25-20(28)10-17-13(3)26-27(15(17)5)16-6-7-18(22)19(23)9-16/h6-9H,10H2,1-5H3,(H,25,28). The maximum absolute atomic E-state index is 12.7. The molecule has 5 nitrogen and oxygen atoms in total. The number of aryl methyl sites for hydroxylation is 4. The summed E-state index contributed by atoms with van der Waals surface area (Å²) in [6.45, 7) is 9.64. The summed E-state index contributed by atoms with van der Waals surface area (Å²) in [4.78, 5) is 17.1. The van der Waals surface area contributed by atoms with Gasteiger partial charge in [0, 0.05) is 17.0 Å². The molecule has 0 saturated heterocycles. The molecule has 28 heavy (non-hydrogen) atoms. The second-order valence-electron chi connectivity index (χ2n) is 6.93. The van der Waals surface area contributed by atoms with E-state index in [0.29, 0.717) is 10.0 Å². The summed E-state index contributed by atoms with van der Waals surface area (Å²) in [5.41, 5.74) is 6.89. The van der Waals surface area contributed by atoms with Crippen molar-refractivity contribution in [2.24, 2.45) is 0 Å². The number of aromatic nitrogens is 3. The van der Waals surface area contributed by atoms with Gasteiger partial charge in [0.1, 0.15) is 0 Å². The lowest BCUT2D eigenvalue weighted by molar-refractivity contribution is -0.115. The molecule has 0 aliphatic heterocycles. The van der Waals surface area contributed by atoms with Crippen molar-refractivity contribution in [2.45, 2.75) is 41.0 Å². The molecule has 0 fully saturated rings. The third-order valence-electron chi connectivity index (χ3n) is 4.72. The molecule has 0 aliphatic rings. The number of carbonyl (C=O) groups excluding carboxylic acids is 1. The SMILES string of the molecule is Cc1cc(C)c(NC(=O)Cc2c(C)nn(-c3ccc(Cl)c(Cl)c3)c2C)c(C)n1. The maximum Gasteiger partial charge on any atom is 0.228 e. The molecule has 2 heterocycles. The van der Waals surface area contributed by atoms with E-state index in [0.717, 1.165) is 45.3 Å². The van der Waals surface area contributed by atoms with Gasteiger partial charge in [-0.25, -0.2) is 4.68 Å². The van der Waals surface area contributed by atoms with E-state index in [1.807, 2.05) is 46.8 Å². The number of benzene rings is 1. The maximum atomic E-state index is 12.7. The first-order valence-electron chi connectivity index (χ1n) is 8.92. The van der Waals surface area contributed by atoms with Crippen molar-refractivity contribution in [3.63, 3.8) is 0 Å². The highest BCUT2D eigenvalue weighted by Gasteiger charge is 2.18. The Morgan fingerprint density at radius 3 is 2.39 bits per heavy atom. The van der Waals surface area contributed by atoms with E-state index in [4.69, 9.17) is 23.2 Å². The second kappa shape index (κ2) is 7.94. The average Bonchev–Trinajstić information content (AvgIpc) is 2.88. The molecule has 0 saturated carbocycles. The molecule has 146 valence electrons. The van der Waals surface area contributed by atoms with Crippen LogP contribution in [-0.4, -0.2) is 20.7 Å². The summed E-state index contributed by atoms with van der Waals surface area (Å²) in [5, 5.41) is 8.53. The normalized spacial score (nSPS) is 11.0. The number of hydrogen-bond acceptors (Lipinski definition) is 3. The van der Waals surface area contributed by atoms with Crippen molar-refractivity contribution in [1.82, 2.24) is 14.8 Å². The second-order valence-corrected chi connectivity index (χ2v) is 7.74. The molecule has 1 amide bonds. The Kier molecular flexibility index (Phi) is 5.77. The van der Waals surface area contributed by atoms with Gasteiger partial charge in [-0.2, -0.15) is 5.10 Å². The van der Waals surface area contributed by atoms with Crippen molar-refractivity contribution in [3.8, 4) is 5.69 Å². The highest BCUT2D eigenvalue weighted by atomic mass is 35.5. The summed E-state index contributed by atoms with van der Waals surface area (Å²) in [7, 11) is 0. The topological polar surface area (TPSA) is 59.8 Å². The highest BCUT2D eigenvalue weighted by Crippen LogP contribution is 2.26. The molecule has 2 aromatic heterocycles. The lowest BCUT2D eigenvalue weighted by Crippen LogP contribution is -2.17. The molecule has 7 heteroatoms. The Morgan fingerprint density at radius 2 is 1.75 bits per heavy atom. The van der Waals surface area contributed by atoms with Crippen molar-refractivity contribution < 1.29 is 4.79 Å². The van der Waals surface area contributed by atoms with Gasteiger partial charge in [-0.3, -0.25) is 9.78 Å². The van der Waals surface area contributed by atoms with Crippen LogP contribution in [0.4, 0.5) is 5.69 Å².